The van der Waals surface area contributed by atoms with Crippen LogP contribution >= 0.6 is 0 Å². The molecular weight excluding hydrogens is 328 g/mol. The summed E-state index contributed by atoms with van der Waals surface area (Å²) in [5, 5.41) is 0.511. The SMILES string of the molecule is Cn1c(=O)/c(=C/c2nc[nH]c2C(C)(C)C)[nH]c(=O)/c1=C/c1ccccc1. The minimum atomic E-state index is -0.324. The molecule has 0 saturated carbocycles. The second-order valence-electron chi connectivity index (χ2n) is 7.23. The molecular formula is C20H22N4O2. The molecule has 0 atom stereocenters. The first-order valence-electron chi connectivity index (χ1n) is 8.39. The molecule has 2 N–H and O–H groups in total. The van der Waals surface area contributed by atoms with Gasteiger partial charge in [-0.3, -0.25) is 9.59 Å². The number of hydrogen-bond donors (Lipinski definition) is 2. The number of aromatic nitrogens is 4. The molecule has 3 rings (SSSR count). The van der Waals surface area contributed by atoms with Crippen molar-refractivity contribution < 1.29 is 0 Å². The van der Waals surface area contributed by atoms with Crippen LogP contribution in [0, 0.1) is 0 Å². The normalized spacial score (nSPS) is 13.4. The van der Waals surface area contributed by atoms with Crippen LogP contribution in [0.4, 0.5) is 0 Å². The molecule has 0 aliphatic rings. The highest BCUT2D eigenvalue weighted by molar-refractivity contribution is 5.49. The third-order valence-corrected chi connectivity index (χ3v) is 4.18. The first-order valence-corrected chi connectivity index (χ1v) is 8.39. The molecule has 0 radical (unpaired) electrons. The van der Waals surface area contributed by atoms with Gasteiger partial charge in [-0.25, -0.2) is 4.98 Å². The summed E-state index contributed by atoms with van der Waals surface area (Å²) in [6.45, 7) is 6.16. The van der Waals surface area contributed by atoms with Crippen molar-refractivity contribution in [1.29, 1.82) is 0 Å². The summed E-state index contributed by atoms with van der Waals surface area (Å²) >= 11 is 0. The molecule has 0 spiro atoms. The van der Waals surface area contributed by atoms with E-state index in [2.05, 4.69) is 35.7 Å². The van der Waals surface area contributed by atoms with E-state index in [-0.39, 0.29) is 21.9 Å². The lowest BCUT2D eigenvalue weighted by Crippen LogP contribution is -2.52. The minimum absolute atomic E-state index is 0.158. The molecule has 3 aromatic rings. The number of benzene rings is 1. The molecule has 0 fully saturated rings. The van der Waals surface area contributed by atoms with Gasteiger partial charge in [0.1, 0.15) is 10.7 Å². The van der Waals surface area contributed by atoms with Crippen molar-refractivity contribution in [2.24, 2.45) is 7.05 Å². The van der Waals surface area contributed by atoms with Gasteiger partial charge in [-0.05, 0) is 17.7 Å². The molecule has 134 valence electrons. The summed E-state index contributed by atoms with van der Waals surface area (Å²) in [5.41, 5.74) is 1.64. The van der Waals surface area contributed by atoms with E-state index in [1.807, 2.05) is 30.3 Å². The number of nitrogens with one attached hydrogen (secondary N) is 2. The summed E-state index contributed by atoms with van der Waals surface area (Å²) in [5.74, 6) is 0. The predicted octanol–water partition coefficient (Wildman–Crippen LogP) is 0.752. The summed E-state index contributed by atoms with van der Waals surface area (Å²) in [7, 11) is 1.60. The van der Waals surface area contributed by atoms with Crippen LogP contribution in [-0.4, -0.2) is 19.5 Å². The Kier molecular flexibility index (Phi) is 4.50. The Morgan fingerprint density at radius 1 is 1.08 bits per heavy atom. The number of H-pyrrole nitrogens is 2. The van der Waals surface area contributed by atoms with Crippen molar-refractivity contribution in [2.75, 3.05) is 0 Å². The monoisotopic (exact) mass is 350 g/mol. The highest BCUT2D eigenvalue weighted by Gasteiger charge is 2.19. The quantitative estimate of drug-likeness (QED) is 0.715. The van der Waals surface area contributed by atoms with Gasteiger partial charge in [0, 0.05) is 18.2 Å². The lowest BCUT2D eigenvalue weighted by molar-refractivity contribution is 0.571. The van der Waals surface area contributed by atoms with E-state index in [1.165, 1.54) is 4.57 Å². The van der Waals surface area contributed by atoms with Crippen molar-refractivity contribution >= 4 is 12.2 Å². The maximum absolute atomic E-state index is 12.7. The smallest absolute Gasteiger partial charge is 0.274 e. The van der Waals surface area contributed by atoms with Crippen LogP contribution in [-0.2, 0) is 12.5 Å². The van der Waals surface area contributed by atoms with Crippen LogP contribution in [0.15, 0.2) is 46.2 Å². The molecule has 0 amide bonds. The zero-order valence-corrected chi connectivity index (χ0v) is 15.3. The summed E-state index contributed by atoms with van der Waals surface area (Å²) in [4.78, 5) is 35.3. The van der Waals surface area contributed by atoms with E-state index in [9.17, 15) is 9.59 Å². The summed E-state index contributed by atoms with van der Waals surface area (Å²) in [6.07, 6.45) is 4.90. The van der Waals surface area contributed by atoms with Gasteiger partial charge in [0.05, 0.1) is 12.0 Å². The molecule has 6 nitrogen and oxygen atoms in total. The number of aromatic amines is 2. The third kappa shape index (κ3) is 3.44. The van der Waals surface area contributed by atoms with Gasteiger partial charge in [-0.15, -0.1) is 0 Å². The topological polar surface area (TPSA) is 83.5 Å². The highest BCUT2D eigenvalue weighted by Crippen LogP contribution is 2.22. The first kappa shape index (κ1) is 17.7. The summed E-state index contributed by atoms with van der Waals surface area (Å²) in [6, 6.07) is 9.42. The molecule has 0 saturated heterocycles. The number of nitrogens with zero attached hydrogens (tertiary/aromatic N) is 2. The maximum atomic E-state index is 12.7. The fourth-order valence-corrected chi connectivity index (χ4v) is 2.80. The van der Waals surface area contributed by atoms with Crippen LogP contribution in [0.2, 0.25) is 0 Å². The van der Waals surface area contributed by atoms with Crippen LogP contribution in [0.5, 0.6) is 0 Å². The van der Waals surface area contributed by atoms with Gasteiger partial charge < -0.3 is 14.5 Å². The average molecular weight is 350 g/mol. The average Bonchev–Trinajstić information content (AvgIpc) is 3.06. The molecule has 26 heavy (non-hydrogen) atoms. The van der Waals surface area contributed by atoms with E-state index in [0.717, 1.165) is 11.3 Å². The molecule has 0 bridgehead atoms. The Morgan fingerprint density at radius 3 is 2.42 bits per heavy atom. The van der Waals surface area contributed by atoms with Gasteiger partial charge in [0.25, 0.3) is 11.1 Å². The third-order valence-electron chi connectivity index (χ3n) is 4.18. The van der Waals surface area contributed by atoms with Crippen LogP contribution < -0.4 is 21.8 Å². The minimum Gasteiger partial charge on any atom is -0.348 e. The second kappa shape index (κ2) is 6.63. The van der Waals surface area contributed by atoms with Crippen LogP contribution in [0.3, 0.4) is 0 Å². The van der Waals surface area contributed by atoms with Gasteiger partial charge in [0.15, 0.2) is 0 Å². The van der Waals surface area contributed by atoms with Crippen molar-refractivity contribution in [3.8, 4) is 0 Å². The fourth-order valence-electron chi connectivity index (χ4n) is 2.80. The molecule has 2 aromatic heterocycles. The Bertz CT molecular complexity index is 1160. The Morgan fingerprint density at radius 2 is 1.77 bits per heavy atom. The van der Waals surface area contributed by atoms with E-state index in [0.29, 0.717) is 11.0 Å². The van der Waals surface area contributed by atoms with Gasteiger partial charge in [0.2, 0.25) is 0 Å². The predicted molar refractivity (Wildman–Crippen MR) is 102 cm³/mol. The zero-order chi connectivity index (χ0) is 18.9. The first-order chi connectivity index (χ1) is 12.3. The Balaban J connectivity index is 2.22. The molecule has 6 heteroatoms. The second-order valence-corrected chi connectivity index (χ2v) is 7.23. The van der Waals surface area contributed by atoms with Crippen molar-refractivity contribution in [2.45, 2.75) is 26.2 Å². The fraction of sp³-hybridized carbons (Fsp3) is 0.250. The van der Waals surface area contributed by atoms with E-state index in [4.69, 9.17) is 0 Å². The van der Waals surface area contributed by atoms with Crippen molar-refractivity contribution in [1.82, 2.24) is 19.5 Å². The maximum Gasteiger partial charge on any atom is 0.274 e. The number of hydrogen-bond acceptors (Lipinski definition) is 3. The molecule has 0 aliphatic carbocycles. The lowest BCUT2D eigenvalue weighted by atomic mass is 9.90. The number of imidazole rings is 1. The highest BCUT2D eigenvalue weighted by atomic mass is 16.1. The molecule has 2 heterocycles. The van der Waals surface area contributed by atoms with Crippen molar-refractivity contribution in [3.05, 3.63) is 85.0 Å². The van der Waals surface area contributed by atoms with Gasteiger partial charge in [-0.1, -0.05) is 51.1 Å². The van der Waals surface area contributed by atoms with Gasteiger partial charge in [-0.2, -0.15) is 0 Å². The largest absolute Gasteiger partial charge is 0.348 e. The number of rotatable bonds is 2. The Labute approximate surface area is 150 Å². The molecule has 0 aliphatic heterocycles. The standard InChI is InChI=1S/C20H22N4O2/c1-20(2,3)17-14(21-12-22-17)11-15-19(26)24(4)16(18(25)23-15)10-13-8-6-5-7-9-13/h5-12H,1-4H3,(H,21,22)(H,23,25)/b15-11-,16-10-. The lowest BCUT2D eigenvalue weighted by Gasteiger charge is -2.16. The zero-order valence-electron chi connectivity index (χ0n) is 15.3. The summed E-state index contributed by atoms with van der Waals surface area (Å²) < 4.78 is 1.36. The van der Waals surface area contributed by atoms with E-state index >= 15 is 0 Å². The van der Waals surface area contributed by atoms with E-state index < -0.39 is 0 Å². The van der Waals surface area contributed by atoms with Crippen LogP contribution in [0.25, 0.3) is 12.2 Å². The van der Waals surface area contributed by atoms with Crippen LogP contribution in [0.1, 0.15) is 37.7 Å². The Hall–Kier alpha value is -3.15. The molecule has 1 aromatic carbocycles. The van der Waals surface area contributed by atoms with Gasteiger partial charge >= 0.3 is 0 Å². The molecule has 0 unspecified atom stereocenters. The van der Waals surface area contributed by atoms with Crippen molar-refractivity contribution in [3.63, 3.8) is 0 Å². The van der Waals surface area contributed by atoms with E-state index in [1.54, 1.807) is 25.5 Å².